The molecule has 110 valence electrons. The van der Waals surface area contributed by atoms with Crippen molar-refractivity contribution in [2.45, 2.75) is 26.2 Å². The molecule has 0 radical (unpaired) electrons. The summed E-state index contributed by atoms with van der Waals surface area (Å²) >= 11 is 0. The highest BCUT2D eigenvalue weighted by Gasteiger charge is 2.12. The Bertz CT molecular complexity index is 486. The van der Waals surface area contributed by atoms with E-state index in [0.29, 0.717) is 13.0 Å². The van der Waals surface area contributed by atoms with E-state index < -0.39 is 5.97 Å². The van der Waals surface area contributed by atoms with Crippen molar-refractivity contribution < 1.29 is 24.9 Å². The van der Waals surface area contributed by atoms with Gasteiger partial charge in [-0.25, -0.2) is 0 Å². The van der Waals surface area contributed by atoms with Crippen LogP contribution >= 0.6 is 0 Å². The first-order valence-electron chi connectivity index (χ1n) is 6.38. The summed E-state index contributed by atoms with van der Waals surface area (Å²) in [6, 6.07) is 4.49. The molecule has 0 aliphatic carbocycles. The summed E-state index contributed by atoms with van der Waals surface area (Å²) in [6.45, 7) is 2.11. The standard InChI is InChI=1S/C14H19NO5/c1-9(7-14(19)20)6-13(18)15-5-4-10-2-3-11(16)12(17)8-10/h2-3,8-9,16-17H,4-7H2,1H3,(H,15,18)(H,19,20). The molecule has 6 heteroatoms. The molecule has 0 fully saturated rings. The lowest BCUT2D eigenvalue weighted by atomic mass is 10.0. The Kier molecular flexibility index (Phi) is 5.83. The monoisotopic (exact) mass is 281 g/mol. The first-order valence-corrected chi connectivity index (χ1v) is 6.38. The fourth-order valence-electron chi connectivity index (χ4n) is 1.83. The van der Waals surface area contributed by atoms with Crippen LogP contribution in [0.25, 0.3) is 0 Å². The zero-order valence-electron chi connectivity index (χ0n) is 11.3. The summed E-state index contributed by atoms with van der Waals surface area (Å²) in [4.78, 5) is 22.0. The number of carboxylic acid groups (broad SMARTS) is 1. The molecule has 1 atom stereocenters. The molecule has 1 rings (SSSR count). The molecular weight excluding hydrogens is 262 g/mol. The van der Waals surface area contributed by atoms with Crippen molar-refractivity contribution in [3.63, 3.8) is 0 Å². The maximum absolute atomic E-state index is 11.6. The number of aliphatic carboxylic acids is 1. The predicted molar refractivity (Wildman–Crippen MR) is 72.5 cm³/mol. The van der Waals surface area contributed by atoms with Crippen molar-refractivity contribution in [3.8, 4) is 11.5 Å². The van der Waals surface area contributed by atoms with E-state index in [1.807, 2.05) is 0 Å². The zero-order chi connectivity index (χ0) is 15.1. The summed E-state index contributed by atoms with van der Waals surface area (Å²) < 4.78 is 0. The largest absolute Gasteiger partial charge is 0.504 e. The molecule has 0 aliphatic rings. The minimum absolute atomic E-state index is 0.0285. The SMILES string of the molecule is CC(CC(=O)O)CC(=O)NCCc1ccc(O)c(O)c1. The second-order valence-electron chi connectivity index (χ2n) is 4.83. The Hall–Kier alpha value is -2.24. The molecular formula is C14H19NO5. The highest BCUT2D eigenvalue weighted by molar-refractivity contribution is 5.77. The molecule has 1 unspecified atom stereocenters. The zero-order valence-corrected chi connectivity index (χ0v) is 11.3. The number of nitrogens with one attached hydrogen (secondary N) is 1. The van der Waals surface area contributed by atoms with Gasteiger partial charge in [-0.05, 0) is 30.0 Å². The van der Waals surface area contributed by atoms with Crippen LogP contribution < -0.4 is 5.32 Å². The molecule has 0 heterocycles. The molecule has 0 bridgehead atoms. The van der Waals surface area contributed by atoms with Crippen molar-refractivity contribution in [1.29, 1.82) is 0 Å². The maximum atomic E-state index is 11.6. The third-order valence-electron chi connectivity index (χ3n) is 2.83. The fourth-order valence-corrected chi connectivity index (χ4v) is 1.83. The van der Waals surface area contributed by atoms with Gasteiger partial charge in [-0.3, -0.25) is 9.59 Å². The maximum Gasteiger partial charge on any atom is 0.303 e. The number of phenols is 2. The highest BCUT2D eigenvalue weighted by atomic mass is 16.4. The number of carboxylic acids is 1. The van der Waals surface area contributed by atoms with Crippen LogP contribution in [-0.4, -0.2) is 33.7 Å². The lowest BCUT2D eigenvalue weighted by molar-refractivity contribution is -0.138. The Morgan fingerprint density at radius 3 is 2.50 bits per heavy atom. The average molecular weight is 281 g/mol. The van der Waals surface area contributed by atoms with E-state index >= 15 is 0 Å². The molecule has 1 aromatic rings. The molecule has 0 saturated heterocycles. The van der Waals surface area contributed by atoms with Crippen LogP contribution in [0.2, 0.25) is 0 Å². The number of carbonyl (C=O) groups is 2. The quantitative estimate of drug-likeness (QED) is 0.563. The predicted octanol–water partition coefficient (Wildman–Crippen LogP) is 1.26. The van der Waals surface area contributed by atoms with Crippen molar-refractivity contribution in [2.75, 3.05) is 6.54 Å². The highest BCUT2D eigenvalue weighted by Crippen LogP contribution is 2.24. The Morgan fingerprint density at radius 2 is 1.90 bits per heavy atom. The molecule has 6 nitrogen and oxygen atoms in total. The van der Waals surface area contributed by atoms with Gasteiger partial charge < -0.3 is 20.6 Å². The number of aromatic hydroxyl groups is 2. The Labute approximate surface area is 117 Å². The van der Waals surface area contributed by atoms with E-state index in [9.17, 15) is 14.7 Å². The van der Waals surface area contributed by atoms with Gasteiger partial charge in [0.15, 0.2) is 11.5 Å². The molecule has 1 amide bonds. The summed E-state index contributed by atoms with van der Waals surface area (Å²) in [5.41, 5.74) is 0.791. The first-order chi connectivity index (χ1) is 9.38. The van der Waals surface area contributed by atoms with Gasteiger partial charge in [0.2, 0.25) is 5.91 Å². The van der Waals surface area contributed by atoms with Gasteiger partial charge in [0, 0.05) is 19.4 Å². The number of hydrogen-bond acceptors (Lipinski definition) is 4. The average Bonchev–Trinajstić information content (AvgIpc) is 2.32. The third kappa shape index (κ3) is 5.60. The van der Waals surface area contributed by atoms with Crippen LogP contribution in [0.5, 0.6) is 11.5 Å². The van der Waals surface area contributed by atoms with E-state index in [1.54, 1.807) is 13.0 Å². The molecule has 0 aromatic heterocycles. The number of benzene rings is 1. The van der Waals surface area contributed by atoms with Crippen molar-refractivity contribution in [2.24, 2.45) is 5.92 Å². The van der Waals surface area contributed by atoms with Crippen LogP contribution in [0.1, 0.15) is 25.3 Å². The van der Waals surface area contributed by atoms with Crippen molar-refractivity contribution >= 4 is 11.9 Å². The van der Waals surface area contributed by atoms with E-state index in [0.717, 1.165) is 5.56 Å². The van der Waals surface area contributed by atoms with E-state index in [4.69, 9.17) is 10.2 Å². The molecule has 0 spiro atoms. The van der Waals surface area contributed by atoms with Crippen LogP contribution in [-0.2, 0) is 16.0 Å². The van der Waals surface area contributed by atoms with E-state index in [1.165, 1.54) is 12.1 Å². The number of amides is 1. The summed E-state index contributed by atoms with van der Waals surface area (Å²) in [5, 5.41) is 29.8. The molecule has 0 saturated carbocycles. The van der Waals surface area contributed by atoms with Gasteiger partial charge in [0.25, 0.3) is 0 Å². The van der Waals surface area contributed by atoms with Gasteiger partial charge in [-0.1, -0.05) is 13.0 Å². The lowest BCUT2D eigenvalue weighted by Gasteiger charge is -2.09. The molecule has 1 aromatic carbocycles. The number of phenolic OH excluding ortho intramolecular Hbond substituents is 2. The minimum atomic E-state index is -0.912. The van der Waals surface area contributed by atoms with Crippen molar-refractivity contribution in [3.05, 3.63) is 23.8 Å². The van der Waals surface area contributed by atoms with Gasteiger partial charge in [0.1, 0.15) is 0 Å². The topological polar surface area (TPSA) is 107 Å². The number of hydrogen-bond donors (Lipinski definition) is 4. The molecule has 0 aliphatic heterocycles. The van der Waals surface area contributed by atoms with E-state index in [2.05, 4.69) is 5.32 Å². The molecule has 20 heavy (non-hydrogen) atoms. The normalized spacial score (nSPS) is 11.8. The van der Waals surface area contributed by atoms with Crippen LogP contribution in [0.15, 0.2) is 18.2 Å². The minimum Gasteiger partial charge on any atom is -0.504 e. The summed E-state index contributed by atoms with van der Waals surface area (Å²) in [7, 11) is 0. The van der Waals surface area contributed by atoms with E-state index in [-0.39, 0.29) is 36.2 Å². The summed E-state index contributed by atoms with van der Waals surface area (Å²) in [5.74, 6) is -1.68. The second kappa shape index (κ2) is 7.37. The van der Waals surface area contributed by atoms with Crippen LogP contribution in [0, 0.1) is 5.92 Å². The lowest BCUT2D eigenvalue weighted by Crippen LogP contribution is -2.27. The first kappa shape index (κ1) is 15.8. The van der Waals surface area contributed by atoms with Crippen molar-refractivity contribution in [1.82, 2.24) is 5.32 Å². The van der Waals surface area contributed by atoms with Gasteiger partial charge >= 0.3 is 5.97 Å². The van der Waals surface area contributed by atoms with Crippen LogP contribution in [0.4, 0.5) is 0 Å². The molecule has 4 N–H and O–H groups in total. The second-order valence-corrected chi connectivity index (χ2v) is 4.83. The van der Waals surface area contributed by atoms with Crippen LogP contribution in [0.3, 0.4) is 0 Å². The number of rotatable bonds is 7. The van der Waals surface area contributed by atoms with Gasteiger partial charge in [-0.2, -0.15) is 0 Å². The summed E-state index contributed by atoms with van der Waals surface area (Å²) in [6.07, 6.45) is 0.666. The fraction of sp³-hybridized carbons (Fsp3) is 0.429. The Balaban J connectivity index is 2.31. The Morgan fingerprint density at radius 1 is 1.20 bits per heavy atom. The smallest absolute Gasteiger partial charge is 0.303 e. The third-order valence-corrected chi connectivity index (χ3v) is 2.83. The van der Waals surface area contributed by atoms with Gasteiger partial charge in [-0.15, -0.1) is 0 Å². The van der Waals surface area contributed by atoms with Gasteiger partial charge in [0.05, 0.1) is 0 Å². The number of carbonyl (C=O) groups excluding carboxylic acids is 1.